The molecule has 5 N–H and O–H groups in total. The maximum atomic E-state index is 9.97. The summed E-state index contributed by atoms with van der Waals surface area (Å²) in [6, 6.07) is 9.49. The van der Waals surface area contributed by atoms with Crippen LogP contribution in [0.1, 0.15) is 24.3 Å². The first-order valence-corrected chi connectivity index (χ1v) is 8.73. The number of aliphatic hydroxyl groups excluding tert-OH is 2. The van der Waals surface area contributed by atoms with E-state index in [0.717, 1.165) is 21.0 Å². The lowest BCUT2D eigenvalue weighted by Gasteiger charge is -2.07. The van der Waals surface area contributed by atoms with Gasteiger partial charge in [-0.3, -0.25) is 0 Å². The van der Waals surface area contributed by atoms with E-state index in [1.165, 1.54) is 17.5 Å². The number of nitrogens with zero attached hydrogens (tertiary/aromatic N) is 1. The van der Waals surface area contributed by atoms with Gasteiger partial charge in [0.15, 0.2) is 0 Å². The Morgan fingerprint density at radius 2 is 2.20 bits per heavy atom. The van der Waals surface area contributed by atoms with Gasteiger partial charge in [-0.25, -0.2) is 4.98 Å². The summed E-state index contributed by atoms with van der Waals surface area (Å²) in [7, 11) is 0. The quantitative estimate of drug-likeness (QED) is 0.542. The average molecular weight is 357 g/mol. The van der Waals surface area contributed by atoms with E-state index in [1.54, 1.807) is 6.08 Å². The highest BCUT2D eigenvalue weighted by Gasteiger charge is 2.11. The topological polar surface area (TPSA) is 91.4 Å². The van der Waals surface area contributed by atoms with E-state index in [9.17, 15) is 5.11 Å². The molecule has 0 amide bonds. The van der Waals surface area contributed by atoms with Crippen molar-refractivity contribution < 1.29 is 10.2 Å². The Hall–Kier alpha value is -2.41. The van der Waals surface area contributed by atoms with Crippen LogP contribution in [0.5, 0.6) is 0 Å². The SMILES string of the molecule is C=C(/C=C(C)\C=C/N)Nc1cccc(-c2ccc(C(O)CCO)s2)n1. The second-order valence-electron chi connectivity index (χ2n) is 5.54. The zero-order valence-electron chi connectivity index (χ0n) is 14.1. The number of pyridine rings is 1. The summed E-state index contributed by atoms with van der Waals surface area (Å²) in [5, 5.41) is 22.1. The molecular weight excluding hydrogens is 334 g/mol. The first-order valence-electron chi connectivity index (χ1n) is 7.92. The highest BCUT2D eigenvalue weighted by molar-refractivity contribution is 7.15. The van der Waals surface area contributed by atoms with Crippen molar-refractivity contribution in [1.29, 1.82) is 0 Å². The number of hydrogen-bond acceptors (Lipinski definition) is 6. The molecule has 2 aromatic heterocycles. The Kier molecular flexibility index (Phi) is 6.94. The fraction of sp³-hybridized carbons (Fsp3) is 0.211. The molecular formula is C19H23N3O2S. The van der Waals surface area contributed by atoms with Gasteiger partial charge in [0.1, 0.15) is 5.82 Å². The largest absolute Gasteiger partial charge is 0.405 e. The first-order chi connectivity index (χ1) is 12.0. The minimum Gasteiger partial charge on any atom is -0.405 e. The van der Waals surface area contributed by atoms with E-state index in [2.05, 4.69) is 16.9 Å². The molecule has 0 saturated carbocycles. The van der Waals surface area contributed by atoms with Crippen LogP contribution in [0.3, 0.4) is 0 Å². The van der Waals surface area contributed by atoms with Crippen LogP contribution in [0, 0.1) is 0 Å². The molecule has 1 unspecified atom stereocenters. The molecule has 25 heavy (non-hydrogen) atoms. The van der Waals surface area contributed by atoms with Gasteiger partial charge in [-0.15, -0.1) is 11.3 Å². The molecule has 0 fully saturated rings. The Balaban J connectivity index is 2.14. The van der Waals surface area contributed by atoms with Crippen molar-refractivity contribution in [2.75, 3.05) is 11.9 Å². The Morgan fingerprint density at radius 1 is 1.40 bits per heavy atom. The maximum Gasteiger partial charge on any atom is 0.131 e. The van der Waals surface area contributed by atoms with Crippen LogP contribution in [0.25, 0.3) is 10.6 Å². The third-order valence-electron chi connectivity index (χ3n) is 3.41. The molecule has 0 aliphatic carbocycles. The molecule has 2 rings (SSSR count). The second kappa shape index (κ2) is 9.17. The van der Waals surface area contributed by atoms with Crippen LogP contribution in [0.2, 0.25) is 0 Å². The monoisotopic (exact) mass is 357 g/mol. The minimum absolute atomic E-state index is 0.0412. The van der Waals surface area contributed by atoms with E-state index in [4.69, 9.17) is 10.8 Å². The summed E-state index contributed by atoms with van der Waals surface area (Å²) in [5.74, 6) is 0.689. The zero-order chi connectivity index (χ0) is 18.2. The van der Waals surface area contributed by atoms with Gasteiger partial charge in [0, 0.05) is 23.6 Å². The van der Waals surface area contributed by atoms with Crippen LogP contribution in [0.4, 0.5) is 5.82 Å². The Morgan fingerprint density at radius 3 is 2.92 bits per heavy atom. The number of aromatic nitrogens is 1. The number of nitrogens with one attached hydrogen (secondary N) is 1. The lowest BCUT2D eigenvalue weighted by molar-refractivity contribution is 0.137. The van der Waals surface area contributed by atoms with Crippen molar-refractivity contribution in [2.24, 2.45) is 5.73 Å². The van der Waals surface area contributed by atoms with E-state index in [0.29, 0.717) is 17.9 Å². The van der Waals surface area contributed by atoms with Crippen molar-refractivity contribution in [3.05, 3.63) is 71.4 Å². The number of hydrogen-bond donors (Lipinski definition) is 4. The standard InChI is InChI=1S/C19H23N3O2S/c1-13(8-10-20)12-14(2)21-19-5-3-4-15(22-19)17-6-7-18(25-17)16(24)9-11-23/h3-8,10,12,16,23-24H,2,9,11,20H2,1H3,(H,21,22)/b10-8-,13-12-. The molecule has 0 saturated heterocycles. The van der Waals surface area contributed by atoms with Gasteiger partial charge in [-0.05, 0) is 55.1 Å². The van der Waals surface area contributed by atoms with Crippen molar-refractivity contribution in [3.63, 3.8) is 0 Å². The lowest BCUT2D eigenvalue weighted by Crippen LogP contribution is -1.99. The van der Waals surface area contributed by atoms with Crippen LogP contribution < -0.4 is 11.1 Å². The summed E-state index contributed by atoms with van der Waals surface area (Å²) >= 11 is 1.47. The molecule has 0 aliphatic rings. The van der Waals surface area contributed by atoms with Crippen molar-refractivity contribution in [2.45, 2.75) is 19.4 Å². The fourth-order valence-corrected chi connectivity index (χ4v) is 3.25. The van der Waals surface area contributed by atoms with Gasteiger partial charge in [-0.1, -0.05) is 12.6 Å². The molecule has 1 atom stereocenters. The summed E-state index contributed by atoms with van der Waals surface area (Å²) in [6.07, 6.45) is 4.84. The van der Waals surface area contributed by atoms with E-state index in [-0.39, 0.29) is 6.61 Å². The number of allylic oxidation sites excluding steroid dienone is 3. The zero-order valence-corrected chi connectivity index (χ0v) is 15.0. The van der Waals surface area contributed by atoms with Crippen LogP contribution in [-0.2, 0) is 0 Å². The number of rotatable bonds is 8. The molecule has 2 heterocycles. The molecule has 0 radical (unpaired) electrons. The third-order valence-corrected chi connectivity index (χ3v) is 4.62. The van der Waals surface area contributed by atoms with Crippen molar-refractivity contribution in [1.82, 2.24) is 4.98 Å². The van der Waals surface area contributed by atoms with Crippen molar-refractivity contribution in [3.8, 4) is 10.6 Å². The van der Waals surface area contributed by atoms with Gasteiger partial charge >= 0.3 is 0 Å². The van der Waals surface area contributed by atoms with Gasteiger partial charge < -0.3 is 21.3 Å². The molecule has 0 aliphatic heterocycles. The van der Waals surface area contributed by atoms with Crippen LogP contribution >= 0.6 is 11.3 Å². The van der Waals surface area contributed by atoms with Crippen molar-refractivity contribution >= 4 is 17.2 Å². The van der Waals surface area contributed by atoms with Gasteiger partial charge in [0.2, 0.25) is 0 Å². The lowest BCUT2D eigenvalue weighted by atomic mass is 10.2. The molecule has 0 spiro atoms. The summed E-state index contributed by atoms with van der Waals surface area (Å²) in [4.78, 5) is 6.37. The van der Waals surface area contributed by atoms with E-state index < -0.39 is 6.10 Å². The summed E-state index contributed by atoms with van der Waals surface area (Å²) in [6.45, 7) is 5.86. The number of anilines is 1. The Bertz CT molecular complexity index is 780. The average Bonchev–Trinajstić information content (AvgIpc) is 3.05. The fourth-order valence-electron chi connectivity index (χ4n) is 2.25. The predicted octanol–water partition coefficient (Wildman–Crippen LogP) is 3.57. The predicted molar refractivity (Wildman–Crippen MR) is 104 cm³/mol. The van der Waals surface area contributed by atoms with Gasteiger partial charge in [0.25, 0.3) is 0 Å². The van der Waals surface area contributed by atoms with E-state index >= 15 is 0 Å². The summed E-state index contributed by atoms with van der Waals surface area (Å²) < 4.78 is 0. The summed E-state index contributed by atoms with van der Waals surface area (Å²) in [5.41, 5.74) is 7.88. The molecule has 2 aromatic rings. The smallest absolute Gasteiger partial charge is 0.131 e. The molecule has 0 bridgehead atoms. The third kappa shape index (κ3) is 5.56. The number of aliphatic hydroxyl groups is 2. The minimum atomic E-state index is -0.645. The second-order valence-corrected chi connectivity index (χ2v) is 6.65. The first kappa shape index (κ1) is 18.9. The normalized spacial score (nSPS) is 13.2. The van der Waals surface area contributed by atoms with Gasteiger partial charge in [0.05, 0.1) is 16.7 Å². The molecule has 132 valence electrons. The molecule has 5 nitrogen and oxygen atoms in total. The van der Waals surface area contributed by atoms with E-state index in [1.807, 2.05) is 43.3 Å². The van der Waals surface area contributed by atoms with Gasteiger partial charge in [-0.2, -0.15) is 0 Å². The molecule has 0 aromatic carbocycles. The number of thiophene rings is 1. The number of nitrogens with two attached hydrogens (primary N) is 1. The highest BCUT2D eigenvalue weighted by atomic mass is 32.1. The van der Waals surface area contributed by atoms with Crippen LogP contribution in [-0.4, -0.2) is 21.8 Å². The maximum absolute atomic E-state index is 9.97. The molecule has 6 heteroatoms. The Labute approximate surface area is 151 Å². The highest BCUT2D eigenvalue weighted by Crippen LogP contribution is 2.32. The van der Waals surface area contributed by atoms with Crippen LogP contribution in [0.15, 0.2) is 66.5 Å².